The third-order valence-electron chi connectivity index (χ3n) is 11.0. The van der Waals surface area contributed by atoms with Gasteiger partial charge in [0.05, 0.1) is 11.4 Å². The Hall–Kier alpha value is -7.82. The molecule has 272 valence electrons. The number of benzene rings is 9. The molecule has 0 aliphatic heterocycles. The van der Waals surface area contributed by atoms with Crippen LogP contribution in [0.15, 0.2) is 217 Å². The highest BCUT2D eigenvalue weighted by Gasteiger charge is 2.21. The van der Waals surface area contributed by atoms with Crippen LogP contribution in [-0.4, -0.2) is 9.97 Å². The van der Waals surface area contributed by atoms with Crippen LogP contribution in [0, 0.1) is 0 Å². The summed E-state index contributed by atoms with van der Waals surface area (Å²) in [6, 6.07) is 74.3. The summed E-state index contributed by atoms with van der Waals surface area (Å²) in [5, 5.41) is 6.69. The fourth-order valence-electron chi connectivity index (χ4n) is 8.30. The first kappa shape index (κ1) is 33.5. The molecule has 0 radical (unpaired) electrons. The van der Waals surface area contributed by atoms with Gasteiger partial charge in [0.15, 0.2) is 5.82 Å². The standard InChI is InChI=1S/C54H35N3O/c1-4-16-37(17-5-1)48-35-49(56-54(55-48)41-28-27-36-15-10-11-18-39(36)33-41)46-25-14-26-50-52(46)47-34-40-19-12-13-24-45(40)51(53(47)58-50)38-29-31-44(32-30-38)57(42-20-6-2-7-21-42)43-22-8-3-9-23-43/h1-35H. The number of hydrogen-bond acceptors (Lipinski definition) is 4. The fourth-order valence-corrected chi connectivity index (χ4v) is 8.30. The summed E-state index contributed by atoms with van der Waals surface area (Å²) in [6.07, 6.45) is 0. The molecule has 11 rings (SSSR count). The van der Waals surface area contributed by atoms with E-state index in [0.717, 1.165) is 94.4 Å². The summed E-state index contributed by atoms with van der Waals surface area (Å²) in [5.74, 6) is 0.679. The number of rotatable bonds is 7. The number of para-hydroxylation sites is 2. The molecule has 11 aromatic rings. The van der Waals surface area contributed by atoms with Gasteiger partial charge in [0, 0.05) is 50.1 Å². The molecule has 0 aliphatic carbocycles. The third kappa shape index (κ3) is 5.87. The Morgan fingerprint density at radius 2 is 0.983 bits per heavy atom. The van der Waals surface area contributed by atoms with Crippen molar-refractivity contribution in [3.05, 3.63) is 212 Å². The molecule has 2 aromatic heterocycles. The maximum atomic E-state index is 6.95. The van der Waals surface area contributed by atoms with E-state index in [1.165, 1.54) is 5.39 Å². The van der Waals surface area contributed by atoms with Crippen LogP contribution in [0.25, 0.3) is 88.5 Å². The highest BCUT2D eigenvalue weighted by molar-refractivity contribution is 6.21. The predicted octanol–water partition coefficient (Wildman–Crippen LogP) is 14.8. The van der Waals surface area contributed by atoms with Gasteiger partial charge in [-0.25, -0.2) is 9.97 Å². The van der Waals surface area contributed by atoms with Crippen molar-refractivity contribution in [1.82, 2.24) is 9.97 Å². The van der Waals surface area contributed by atoms with Crippen LogP contribution in [0.5, 0.6) is 0 Å². The van der Waals surface area contributed by atoms with Gasteiger partial charge >= 0.3 is 0 Å². The van der Waals surface area contributed by atoms with Crippen LogP contribution in [0.1, 0.15) is 0 Å². The van der Waals surface area contributed by atoms with Crippen molar-refractivity contribution < 1.29 is 4.42 Å². The monoisotopic (exact) mass is 741 g/mol. The van der Waals surface area contributed by atoms with E-state index < -0.39 is 0 Å². The van der Waals surface area contributed by atoms with Gasteiger partial charge in [0.25, 0.3) is 0 Å². The second-order valence-electron chi connectivity index (χ2n) is 14.6. The maximum absolute atomic E-state index is 6.95. The zero-order valence-corrected chi connectivity index (χ0v) is 31.5. The Bertz CT molecular complexity index is 3230. The zero-order chi connectivity index (χ0) is 38.4. The minimum atomic E-state index is 0.679. The van der Waals surface area contributed by atoms with Crippen LogP contribution < -0.4 is 4.90 Å². The van der Waals surface area contributed by atoms with Gasteiger partial charge in [0.1, 0.15) is 11.2 Å². The first-order valence-corrected chi connectivity index (χ1v) is 19.6. The van der Waals surface area contributed by atoms with Gasteiger partial charge in [-0.3, -0.25) is 0 Å². The number of nitrogens with zero attached hydrogens (tertiary/aromatic N) is 3. The van der Waals surface area contributed by atoms with Crippen molar-refractivity contribution in [3.8, 4) is 45.0 Å². The van der Waals surface area contributed by atoms with E-state index in [1.54, 1.807) is 0 Å². The van der Waals surface area contributed by atoms with E-state index in [1.807, 2.05) is 6.07 Å². The minimum Gasteiger partial charge on any atom is -0.455 e. The van der Waals surface area contributed by atoms with Crippen molar-refractivity contribution in [2.24, 2.45) is 0 Å². The number of fused-ring (bicyclic) bond motifs is 5. The number of anilines is 3. The molecular formula is C54H35N3O. The van der Waals surface area contributed by atoms with Crippen LogP contribution in [0.3, 0.4) is 0 Å². The molecule has 0 bridgehead atoms. The minimum absolute atomic E-state index is 0.679. The molecule has 58 heavy (non-hydrogen) atoms. The fraction of sp³-hybridized carbons (Fsp3) is 0. The molecule has 0 amide bonds. The van der Waals surface area contributed by atoms with Gasteiger partial charge in [-0.15, -0.1) is 0 Å². The molecule has 4 heteroatoms. The molecular weight excluding hydrogens is 707 g/mol. The SMILES string of the molecule is c1ccc(-c2cc(-c3cccc4oc5c(-c6ccc(N(c7ccccc7)c7ccccc7)cc6)c6ccccc6cc5c34)nc(-c3ccc4ccccc4c3)n2)cc1. The third-order valence-corrected chi connectivity index (χ3v) is 11.0. The van der Waals surface area contributed by atoms with E-state index in [9.17, 15) is 0 Å². The second kappa shape index (κ2) is 14.0. The lowest BCUT2D eigenvalue weighted by molar-refractivity contribution is 0.670. The van der Waals surface area contributed by atoms with Gasteiger partial charge in [-0.1, -0.05) is 152 Å². The van der Waals surface area contributed by atoms with E-state index >= 15 is 0 Å². The summed E-state index contributed by atoms with van der Waals surface area (Å²) in [7, 11) is 0. The Kier molecular flexibility index (Phi) is 8.11. The lowest BCUT2D eigenvalue weighted by Gasteiger charge is -2.25. The normalized spacial score (nSPS) is 11.4. The summed E-state index contributed by atoms with van der Waals surface area (Å²) in [6.45, 7) is 0. The van der Waals surface area contributed by atoms with Crippen molar-refractivity contribution in [2.45, 2.75) is 0 Å². The molecule has 0 saturated carbocycles. The van der Waals surface area contributed by atoms with Crippen molar-refractivity contribution in [3.63, 3.8) is 0 Å². The molecule has 0 spiro atoms. The summed E-state index contributed by atoms with van der Waals surface area (Å²) in [4.78, 5) is 12.7. The smallest absolute Gasteiger partial charge is 0.160 e. The second-order valence-corrected chi connectivity index (χ2v) is 14.6. The molecule has 9 aromatic carbocycles. The summed E-state index contributed by atoms with van der Waals surface area (Å²) in [5.41, 5.74) is 11.8. The van der Waals surface area contributed by atoms with E-state index in [2.05, 4.69) is 211 Å². The average Bonchev–Trinajstić information content (AvgIpc) is 3.67. The average molecular weight is 742 g/mol. The summed E-state index contributed by atoms with van der Waals surface area (Å²) < 4.78 is 6.95. The highest BCUT2D eigenvalue weighted by atomic mass is 16.3. The molecule has 0 unspecified atom stereocenters. The first-order chi connectivity index (χ1) is 28.7. The van der Waals surface area contributed by atoms with Gasteiger partial charge in [-0.2, -0.15) is 0 Å². The molecule has 0 aliphatic rings. The predicted molar refractivity (Wildman–Crippen MR) is 241 cm³/mol. The van der Waals surface area contributed by atoms with Crippen LogP contribution in [0.4, 0.5) is 17.1 Å². The van der Waals surface area contributed by atoms with E-state index in [4.69, 9.17) is 14.4 Å². The Balaban J connectivity index is 1.10. The Morgan fingerprint density at radius 1 is 0.379 bits per heavy atom. The Morgan fingerprint density at radius 3 is 1.72 bits per heavy atom. The lowest BCUT2D eigenvalue weighted by Crippen LogP contribution is -2.09. The van der Waals surface area contributed by atoms with Crippen LogP contribution >= 0.6 is 0 Å². The van der Waals surface area contributed by atoms with Crippen LogP contribution in [-0.2, 0) is 0 Å². The van der Waals surface area contributed by atoms with Crippen molar-refractivity contribution in [1.29, 1.82) is 0 Å². The van der Waals surface area contributed by atoms with Crippen LogP contribution in [0.2, 0.25) is 0 Å². The van der Waals surface area contributed by atoms with Gasteiger partial charge in [-0.05, 0) is 87.8 Å². The first-order valence-electron chi connectivity index (χ1n) is 19.6. The largest absolute Gasteiger partial charge is 0.455 e. The van der Waals surface area contributed by atoms with Crippen molar-refractivity contribution in [2.75, 3.05) is 4.90 Å². The summed E-state index contributed by atoms with van der Waals surface area (Å²) >= 11 is 0. The lowest BCUT2D eigenvalue weighted by atomic mass is 9.93. The van der Waals surface area contributed by atoms with Crippen molar-refractivity contribution >= 4 is 60.5 Å². The van der Waals surface area contributed by atoms with Gasteiger partial charge < -0.3 is 9.32 Å². The Labute approximate surface area is 335 Å². The molecule has 0 fully saturated rings. The topological polar surface area (TPSA) is 42.2 Å². The quantitative estimate of drug-likeness (QED) is 0.163. The molecule has 2 heterocycles. The number of furan rings is 1. The molecule has 0 atom stereocenters. The highest BCUT2D eigenvalue weighted by Crippen LogP contribution is 2.45. The number of hydrogen-bond donors (Lipinski definition) is 0. The van der Waals surface area contributed by atoms with E-state index in [-0.39, 0.29) is 0 Å². The number of aromatic nitrogens is 2. The zero-order valence-electron chi connectivity index (χ0n) is 31.5. The maximum Gasteiger partial charge on any atom is 0.160 e. The van der Waals surface area contributed by atoms with Gasteiger partial charge in [0.2, 0.25) is 0 Å². The van der Waals surface area contributed by atoms with E-state index in [0.29, 0.717) is 5.82 Å². The molecule has 4 nitrogen and oxygen atoms in total. The molecule has 0 saturated heterocycles. The molecule has 0 N–H and O–H groups in total.